The SMILES string of the molecule is CN(Cc1ccncc1)c1ncccc1C(N)=S. The Morgan fingerprint density at radius 3 is 2.67 bits per heavy atom. The largest absolute Gasteiger partial charge is 0.389 e. The molecule has 0 atom stereocenters. The smallest absolute Gasteiger partial charge is 0.138 e. The monoisotopic (exact) mass is 258 g/mol. The lowest BCUT2D eigenvalue weighted by Crippen LogP contribution is -2.22. The zero-order valence-corrected chi connectivity index (χ0v) is 10.9. The van der Waals surface area contributed by atoms with Crippen molar-refractivity contribution in [2.24, 2.45) is 5.73 Å². The Labute approximate surface area is 111 Å². The molecule has 2 rings (SSSR count). The molecular formula is C13H14N4S. The second-order valence-electron chi connectivity index (χ2n) is 3.95. The first-order chi connectivity index (χ1) is 8.68. The second-order valence-corrected chi connectivity index (χ2v) is 4.39. The van der Waals surface area contributed by atoms with Gasteiger partial charge in [-0.05, 0) is 29.8 Å². The highest BCUT2D eigenvalue weighted by atomic mass is 32.1. The number of pyridine rings is 2. The van der Waals surface area contributed by atoms with Gasteiger partial charge in [-0.3, -0.25) is 4.98 Å². The highest BCUT2D eigenvalue weighted by molar-refractivity contribution is 7.80. The molecule has 0 spiro atoms. The van der Waals surface area contributed by atoms with Crippen LogP contribution in [0.2, 0.25) is 0 Å². The Hall–Kier alpha value is -2.01. The van der Waals surface area contributed by atoms with Crippen molar-refractivity contribution in [3.8, 4) is 0 Å². The van der Waals surface area contributed by atoms with E-state index in [9.17, 15) is 0 Å². The summed E-state index contributed by atoms with van der Waals surface area (Å²) in [5.41, 5.74) is 7.66. The molecule has 4 nitrogen and oxygen atoms in total. The van der Waals surface area contributed by atoms with Crippen molar-refractivity contribution in [1.29, 1.82) is 0 Å². The lowest BCUT2D eigenvalue weighted by Gasteiger charge is -2.20. The summed E-state index contributed by atoms with van der Waals surface area (Å²) in [6, 6.07) is 7.66. The van der Waals surface area contributed by atoms with Gasteiger partial charge in [0.25, 0.3) is 0 Å². The third kappa shape index (κ3) is 2.81. The highest BCUT2D eigenvalue weighted by Gasteiger charge is 2.10. The molecule has 0 saturated heterocycles. The minimum absolute atomic E-state index is 0.361. The number of nitrogens with two attached hydrogens (primary N) is 1. The van der Waals surface area contributed by atoms with Crippen LogP contribution in [0.1, 0.15) is 11.1 Å². The maximum Gasteiger partial charge on any atom is 0.138 e. The lowest BCUT2D eigenvalue weighted by atomic mass is 10.2. The van der Waals surface area contributed by atoms with E-state index in [2.05, 4.69) is 9.97 Å². The standard InChI is InChI=1S/C13H14N4S/c1-17(9-10-4-7-15-8-5-10)13-11(12(14)18)3-2-6-16-13/h2-8H,9H2,1H3,(H2,14,18). The summed E-state index contributed by atoms with van der Waals surface area (Å²) in [5, 5.41) is 0. The van der Waals surface area contributed by atoms with Crippen LogP contribution < -0.4 is 10.6 Å². The molecule has 5 heteroatoms. The predicted octanol–water partition coefficient (Wildman–Crippen LogP) is 1.75. The molecule has 0 unspecified atom stereocenters. The van der Waals surface area contributed by atoms with Crippen LogP contribution in [-0.4, -0.2) is 22.0 Å². The van der Waals surface area contributed by atoms with Gasteiger partial charge in [0.1, 0.15) is 10.8 Å². The van der Waals surface area contributed by atoms with Gasteiger partial charge in [-0.15, -0.1) is 0 Å². The average Bonchev–Trinajstić information content (AvgIpc) is 2.40. The summed E-state index contributed by atoms with van der Waals surface area (Å²) in [6.45, 7) is 0.731. The fourth-order valence-electron chi connectivity index (χ4n) is 1.73. The van der Waals surface area contributed by atoms with Gasteiger partial charge < -0.3 is 10.6 Å². The molecule has 2 heterocycles. The number of aromatic nitrogens is 2. The minimum Gasteiger partial charge on any atom is -0.389 e. The van der Waals surface area contributed by atoms with Gasteiger partial charge in [-0.25, -0.2) is 4.98 Å². The highest BCUT2D eigenvalue weighted by Crippen LogP contribution is 2.17. The molecule has 92 valence electrons. The van der Waals surface area contributed by atoms with E-state index in [4.69, 9.17) is 18.0 Å². The molecule has 0 aliphatic rings. The van der Waals surface area contributed by atoms with Crippen molar-refractivity contribution < 1.29 is 0 Å². The van der Waals surface area contributed by atoms with E-state index < -0.39 is 0 Å². The van der Waals surface area contributed by atoms with Crippen molar-refractivity contribution in [3.05, 3.63) is 54.0 Å². The summed E-state index contributed by atoms with van der Waals surface area (Å²) in [7, 11) is 1.96. The van der Waals surface area contributed by atoms with Gasteiger partial charge in [0.15, 0.2) is 0 Å². The van der Waals surface area contributed by atoms with Crippen molar-refractivity contribution >= 4 is 23.0 Å². The first kappa shape index (κ1) is 12.4. The Bertz CT molecular complexity index is 542. The Morgan fingerprint density at radius 1 is 1.28 bits per heavy atom. The molecule has 2 aromatic rings. The molecule has 0 aliphatic heterocycles. The van der Waals surface area contributed by atoms with Crippen LogP contribution in [0, 0.1) is 0 Å². The van der Waals surface area contributed by atoms with Crippen LogP contribution in [0.25, 0.3) is 0 Å². The fraction of sp³-hybridized carbons (Fsp3) is 0.154. The number of hydrogen-bond donors (Lipinski definition) is 1. The van der Waals surface area contributed by atoms with Gasteiger partial charge in [0, 0.05) is 32.2 Å². The van der Waals surface area contributed by atoms with E-state index in [1.165, 1.54) is 0 Å². The third-order valence-electron chi connectivity index (χ3n) is 2.58. The summed E-state index contributed by atoms with van der Waals surface area (Å²) < 4.78 is 0. The molecule has 18 heavy (non-hydrogen) atoms. The van der Waals surface area contributed by atoms with Crippen molar-refractivity contribution in [3.63, 3.8) is 0 Å². The first-order valence-electron chi connectivity index (χ1n) is 5.53. The van der Waals surface area contributed by atoms with Crippen LogP contribution in [0.3, 0.4) is 0 Å². The molecule has 0 aromatic carbocycles. The normalized spacial score (nSPS) is 10.1. The van der Waals surface area contributed by atoms with E-state index in [-0.39, 0.29) is 0 Å². The summed E-state index contributed by atoms with van der Waals surface area (Å²) in [4.78, 5) is 10.7. The van der Waals surface area contributed by atoms with E-state index in [0.29, 0.717) is 4.99 Å². The van der Waals surface area contributed by atoms with Gasteiger partial charge >= 0.3 is 0 Å². The van der Waals surface area contributed by atoms with Crippen LogP contribution in [0.4, 0.5) is 5.82 Å². The topological polar surface area (TPSA) is 55.0 Å². The number of nitrogens with zero attached hydrogens (tertiary/aromatic N) is 3. The van der Waals surface area contributed by atoms with E-state index in [0.717, 1.165) is 23.5 Å². The van der Waals surface area contributed by atoms with E-state index in [1.807, 2.05) is 36.2 Å². The second kappa shape index (κ2) is 5.55. The minimum atomic E-state index is 0.361. The van der Waals surface area contributed by atoms with E-state index in [1.54, 1.807) is 18.6 Å². The van der Waals surface area contributed by atoms with Crippen molar-refractivity contribution in [2.75, 3.05) is 11.9 Å². The van der Waals surface area contributed by atoms with Gasteiger partial charge in [0.2, 0.25) is 0 Å². The van der Waals surface area contributed by atoms with Crippen LogP contribution in [0.15, 0.2) is 42.9 Å². The Kier molecular flexibility index (Phi) is 3.84. The molecule has 0 amide bonds. The molecule has 2 aromatic heterocycles. The first-order valence-corrected chi connectivity index (χ1v) is 5.94. The molecule has 0 radical (unpaired) electrons. The Balaban J connectivity index is 2.24. The molecule has 0 bridgehead atoms. The fourth-order valence-corrected chi connectivity index (χ4v) is 1.89. The maximum absolute atomic E-state index is 5.70. The zero-order valence-electron chi connectivity index (χ0n) is 10.1. The predicted molar refractivity (Wildman–Crippen MR) is 76.5 cm³/mol. The summed E-state index contributed by atoms with van der Waals surface area (Å²) in [6.07, 6.45) is 5.28. The molecule has 0 saturated carbocycles. The lowest BCUT2D eigenvalue weighted by molar-refractivity contribution is 0.893. The van der Waals surface area contributed by atoms with Gasteiger partial charge in [0.05, 0.1) is 5.56 Å². The van der Waals surface area contributed by atoms with E-state index >= 15 is 0 Å². The summed E-state index contributed by atoms with van der Waals surface area (Å²) in [5.74, 6) is 0.793. The quantitative estimate of drug-likeness (QED) is 0.847. The number of hydrogen-bond acceptors (Lipinski definition) is 4. The molecule has 0 aliphatic carbocycles. The number of anilines is 1. The van der Waals surface area contributed by atoms with Crippen molar-refractivity contribution in [1.82, 2.24) is 9.97 Å². The van der Waals surface area contributed by atoms with Crippen LogP contribution in [-0.2, 0) is 6.54 Å². The Morgan fingerprint density at radius 2 is 2.00 bits per heavy atom. The molecule has 0 fully saturated rings. The zero-order chi connectivity index (χ0) is 13.0. The van der Waals surface area contributed by atoms with Crippen LogP contribution in [0.5, 0.6) is 0 Å². The van der Waals surface area contributed by atoms with Gasteiger partial charge in [-0.1, -0.05) is 12.2 Å². The van der Waals surface area contributed by atoms with Crippen molar-refractivity contribution in [2.45, 2.75) is 6.54 Å². The van der Waals surface area contributed by atoms with Gasteiger partial charge in [-0.2, -0.15) is 0 Å². The molecular weight excluding hydrogens is 244 g/mol. The third-order valence-corrected chi connectivity index (χ3v) is 2.80. The van der Waals surface area contributed by atoms with Crippen LogP contribution >= 0.6 is 12.2 Å². The summed E-state index contributed by atoms with van der Waals surface area (Å²) >= 11 is 5.03. The number of rotatable bonds is 4. The molecule has 2 N–H and O–H groups in total. The number of thiocarbonyl (C=S) groups is 1. The maximum atomic E-state index is 5.70. The average molecular weight is 258 g/mol.